The van der Waals surface area contributed by atoms with Crippen molar-refractivity contribution in [1.29, 1.82) is 5.26 Å². The number of aromatic nitrogens is 2. The van der Waals surface area contributed by atoms with Gasteiger partial charge in [0.2, 0.25) is 0 Å². The molecule has 10 heteroatoms. The Hall–Kier alpha value is -3.55. The molecule has 2 aromatic carbocycles. The Balaban J connectivity index is 1.68. The number of thiophene rings is 1. The fraction of sp³-hybridized carbons (Fsp3) is 0.227. The van der Waals surface area contributed by atoms with Crippen LogP contribution in [0.25, 0.3) is 32.1 Å². The van der Waals surface area contributed by atoms with Crippen LogP contribution in [0.5, 0.6) is 0 Å². The number of hydrogen-bond acceptors (Lipinski definition) is 6. The molecule has 2 aliphatic rings. The van der Waals surface area contributed by atoms with Crippen LogP contribution >= 0.6 is 11.3 Å². The van der Waals surface area contributed by atoms with Gasteiger partial charge in [-0.05, 0) is 17.7 Å². The molecule has 0 unspecified atom stereocenters. The highest BCUT2D eigenvalue weighted by Crippen LogP contribution is 2.44. The zero-order valence-corrected chi connectivity index (χ0v) is 17.5. The van der Waals surface area contributed by atoms with Gasteiger partial charge in [-0.3, -0.25) is 9.48 Å². The standard InChI is InChI=1S/C22H16F2N6OS/c23-15-2-1-11(18-13(6-25)21(26)32-20(15)18)17-14-8-28-30-9-10-7-27-3-4-29(10)22(31)12(19(14)30)5-16(17)24/h1-2,5,8,10,27H,3-4,7,9,26H2/t10-/m0/s1. The van der Waals surface area contributed by atoms with Gasteiger partial charge in [0, 0.05) is 36.0 Å². The molecule has 2 aliphatic heterocycles. The molecule has 0 saturated carbocycles. The number of piperazine rings is 1. The molecule has 1 fully saturated rings. The maximum absolute atomic E-state index is 15.7. The van der Waals surface area contributed by atoms with Crippen LogP contribution in [0, 0.1) is 23.0 Å². The second kappa shape index (κ2) is 6.72. The van der Waals surface area contributed by atoms with E-state index in [0.29, 0.717) is 42.6 Å². The number of benzene rings is 2. The fourth-order valence-electron chi connectivity index (χ4n) is 4.88. The van der Waals surface area contributed by atoms with Crippen molar-refractivity contribution >= 4 is 43.2 Å². The second-order valence-electron chi connectivity index (χ2n) is 7.98. The number of amides is 1. The van der Waals surface area contributed by atoms with E-state index in [9.17, 15) is 14.4 Å². The highest BCUT2D eigenvalue weighted by molar-refractivity contribution is 7.23. The van der Waals surface area contributed by atoms with E-state index in [2.05, 4.69) is 10.4 Å². The number of nitrogens with one attached hydrogen (secondary N) is 1. The molecule has 1 atom stereocenters. The molecule has 4 heterocycles. The Morgan fingerprint density at radius 2 is 2.12 bits per heavy atom. The number of carbonyl (C=O) groups is 1. The summed E-state index contributed by atoms with van der Waals surface area (Å²) in [4.78, 5) is 15.1. The number of nitrogens with zero attached hydrogens (tertiary/aromatic N) is 4. The Bertz CT molecular complexity index is 1500. The summed E-state index contributed by atoms with van der Waals surface area (Å²) in [7, 11) is 0. The Labute approximate surface area is 184 Å². The third-order valence-electron chi connectivity index (χ3n) is 6.30. The van der Waals surface area contributed by atoms with Crippen LogP contribution in [0.15, 0.2) is 24.4 Å². The predicted octanol–water partition coefficient (Wildman–Crippen LogP) is 3.08. The number of rotatable bonds is 1. The maximum Gasteiger partial charge on any atom is 0.256 e. The minimum Gasteiger partial charge on any atom is -0.389 e. The lowest BCUT2D eigenvalue weighted by atomic mass is 9.94. The molecule has 0 bridgehead atoms. The summed E-state index contributed by atoms with van der Waals surface area (Å²) in [5.41, 5.74) is 7.41. The molecule has 6 rings (SSSR count). The third kappa shape index (κ3) is 2.46. The van der Waals surface area contributed by atoms with Crippen molar-refractivity contribution in [2.24, 2.45) is 0 Å². The van der Waals surface area contributed by atoms with Gasteiger partial charge in [0.05, 0.1) is 40.1 Å². The van der Waals surface area contributed by atoms with Crippen LogP contribution < -0.4 is 11.1 Å². The van der Waals surface area contributed by atoms with E-state index < -0.39 is 11.6 Å². The van der Waals surface area contributed by atoms with Crippen molar-refractivity contribution < 1.29 is 13.6 Å². The SMILES string of the molecule is N#Cc1c(N)sc2c(F)ccc(-c3c(F)cc4c5c3cnn5C[C@@H]3CNCCN3C4=O)c12. The van der Waals surface area contributed by atoms with Gasteiger partial charge in [0.25, 0.3) is 5.91 Å². The number of nitriles is 1. The summed E-state index contributed by atoms with van der Waals surface area (Å²) >= 11 is 0.961. The normalized spacial score (nSPS) is 18.1. The van der Waals surface area contributed by atoms with Crippen molar-refractivity contribution in [2.45, 2.75) is 12.6 Å². The predicted molar refractivity (Wildman–Crippen MR) is 117 cm³/mol. The smallest absolute Gasteiger partial charge is 0.256 e. The van der Waals surface area contributed by atoms with Gasteiger partial charge in [-0.15, -0.1) is 11.3 Å². The molecule has 3 N–H and O–H groups in total. The lowest BCUT2D eigenvalue weighted by Crippen LogP contribution is -2.54. The van der Waals surface area contributed by atoms with Crippen molar-refractivity contribution in [2.75, 3.05) is 25.4 Å². The lowest BCUT2D eigenvalue weighted by molar-refractivity contribution is 0.0625. The molecule has 1 saturated heterocycles. The molecule has 0 aliphatic carbocycles. The monoisotopic (exact) mass is 450 g/mol. The molecule has 2 aromatic heterocycles. The summed E-state index contributed by atoms with van der Waals surface area (Å²) < 4.78 is 32.1. The van der Waals surface area contributed by atoms with Crippen LogP contribution in [0.4, 0.5) is 13.8 Å². The van der Waals surface area contributed by atoms with E-state index in [-0.39, 0.29) is 43.7 Å². The van der Waals surface area contributed by atoms with Crippen molar-refractivity contribution in [3.8, 4) is 17.2 Å². The first-order valence-corrected chi connectivity index (χ1v) is 10.9. The third-order valence-corrected chi connectivity index (χ3v) is 7.33. The van der Waals surface area contributed by atoms with Crippen LogP contribution in [0.2, 0.25) is 0 Å². The van der Waals surface area contributed by atoms with Gasteiger partial charge in [0.15, 0.2) is 0 Å². The largest absolute Gasteiger partial charge is 0.389 e. The Morgan fingerprint density at radius 3 is 2.94 bits per heavy atom. The van der Waals surface area contributed by atoms with Crippen molar-refractivity contribution in [3.05, 3.63) is 47.2 Å². The highest BCUT2D eigenvalue weighted by Gasteiger charge is 2.35. The van der Waals surface area contributed by atoms with Gasteiger partial charge in [-0.25, -0.2) is 8.78 Å². The van der Waals surface area contributed by atoms with E-state index >= 15 is 4.39 Å². The maximum atomic E-state index is 15.7. The van der Waals surface area contributed by atoms with E-state index in [0.717, 1.165) is 11.3 Å². The number of halogens is 2. The molecule has 0 spiro atoms. The summed E-state index contributed by atoms with van der Waals surface area (Å²) in [6.45, 7) is 2.33. The topological polar surface area (TPSA) is 100.0 Å². The van der Waals surface area contributed by atoms with Gasteiger partial charge in [-0.1, -0.05) is 6.07 Å². The number of nitrogens with two attached hydrogens (primary N) is 1. The first-order valence-electron chi connectivity index (χ1n) is 10.1. The Kier molecular flexibility index (Phi) is 4.02. The number of carbonyl (C=O) groups excluding carboxylic acids is 1. The van der Waals surface area contributed by atoms with Crippen LogP contribution in [-0.2, 0) is 6.54 Å². The molecule has 160 valence electrons. The zero-order chi connectivity index (χ0) is 22.1. The lowest BCUT2D eigenvalue weighted by Gasteiger charge is -2.34. The average molecular weight is 450 g/mol. The second-order valence-corrected chi connectivity index (χ2v) is 9.03. The quantitative estimate of drug-likeness (QED) is 0.464. The molecule has 1 amide bonds. The molecule has 7 nitrogen and oxygen atoms in total. The van der Waals surface area contributed by atoms with Gasteiger partial charge >= 0.3 is 0 Å². The number of hydrogen-bond donors (Lipinski definition) is 2. The first-order chi connectivity index (χ1) is 15.5. The van der Waals surface area contributed by atoms with Crippen LogP contribution in [0.1, 0.15) is 15.9 Å². The summed E-state index contributed by atoms with van der Waals surface area (Å²) in [5.74, 6) is -1.38. The van der Waals surface area contributed by atoms with Gasteiger partial charge in [-0.2, -0.15) is 10.4 Å². The van der Waals surface area contributed by atoms with E-state index in [1.165, 1.54) is 24.4 Å². The van der Waals surface area contributed by atoms with Gasteiger partial charge in [0.1, 0.15) is 22.7 Å². The molecular formula is C22H16F2N6OS. The van der Waals surface area contributed by atoms with Gasteiger partial charge < -0.3 is 16.0 Å². The minimum atomic E-state index is -0.629. The number of fused-ring (bicyclic) bond motifs is 2. The van der Waals surface area contributed by atoms with Crippen molar-refractivity contribution in [3.63, 3.8) is 0 Å². The molecule has 4 aromatic rings. The van der Waals surface area contributed by atoms with Crippen LogP contribution in [-0.4, -0.2) is 46.3 Å². The fourth-order valence-corrected chi connectivity index (χ4v) is 5.83. The summed E-state index contributed by atoms with van der Waals surface area (Å²) in [5, 5.41) is 18.3. The highest BCUT2D eigenvalue weighted by atomic mass is 32.1. The zero-order valence-electron chi connectivity index (χ0n) is 16.7. The van der Waals surface area contributed by atoms with Crippen molar-refractivity contribution in [1.82, 2.24) is 20.0 Å². The van der Waals surface area contributed by atoms with Crippen LogP contribution in [0.3, 0.4) is 0 Å². The summed E-state index contributed by atoms with van der Waals surface area (Å²) in [6, 6.07) is 5.87. The van der Waals surface area contributed by atoms with E-state index in [1.807, 2.05) is 6.07 Å². The minimum absolute atomic E-state index is 0.0855. The molecule has 0 radical (unpaired) electrons. The molecular weight excluding hydrogens is 434 g/mol. The van der Waals surface area contributed by atoms with E-state index in [1.54, 1.807) is 9.58 Å². The number of nitrogen functional groups attached to an aromatic ring is 1. The Morgan fingerprint density at radius 1 is 1.28 bits per heavy atom. The first kappa shape index (κ1) is 19.2. The molecule has 32 heavy (non-hydrogen) atoms. The number of anilines is 1. The summed E-state index contributed by atoms with van der Waals surface area (Å²) in [6.07, 6.45) is 1.54. The van der Waals surface area contributed by atoms with E-state index in [4.69, 9.17) is 5.73 Å². The average Bonchev–Trinajstić information content (AvgIpc) is 3.32.